The zero-order chi connectivity index (χ0) is 27.3. The Labute approximate surface area is 209 Å². The van der Waals surface area contributed by atoms with Crippen LogP contribution in [0.15, 0.2) is 48.6 Å². The summed E-state index contributed by atoms with van der Waals surface area (Å²) < 4.78 is 10.2. The van der Waals surface area contributed by atoms with Gasteiger partial charge in [0.1, 0.15) is 12.2 Å². The van der Waals surface area contributed by atoms with Crippen LogP contribution in [0.2, 0.25) is 0 Å². The van der Waals surface area contributed by atoms with Gasteiger partial charge in [-0.05, 0) is 47.5 Å². The molecule has 7 N–H and O–H groups in total. The average molecular weight is 516 g/mol. The maximum Gasteiger partial charge on any atom is 0.348 e. The SMILES string of the molecule is O=C(/C=C\c1ccc(O)c(O)c1)O[C@@H]1C[C@](OC(=O)/C=C\c2ccc(O)c(O)c2)(C(=O)O)C[C@H](O)[C@@H]1O. The molecule has 1 saturated carbocycles. The number of carboxylic acids is 1. The van der Waals surface area contributed by atoms with E-state index in [1.54, 1.807) is 0 Å². The molecule has 4 atom stereocenters. The lowest BCUT2D eigenvalue weighted by molar-refractivity contribution is -0.207. The fourth-order valence-corrected chi connectivity index (χ4v) is 3.68. The van der Waals surface area contributed by atoms with Gasteiger partial charge in [-0.3, -0.25) is 0 Å². The highest BCUT2D eigenvalue weighted by Gasteiger charge is 2.54. The van der Waals surface area contributed by atoms with Crippen molar-refractivity contribution in [2.24, 2.45) is 0 Å². The number of aliphatic hydroxyl groups is 2. The fourth-order valence-electron chi connectivity index (χ4n) is 3.68. The first-order valence-corrected chi connectivity index (χ1v) is 10.8. The number of esters is 2. The summed E-state index contributed by atoms with van der Waals surface area (Å²) in [5.41, 5.74) is -1.73. The molecule has 0 unspecified atom stereocenters. The summed E-state index contributed by atoms with van der Waals surface area (Å²) >= 11 is 0. The summed E-state index contributed by atoms with van der Waals surface area (Å²) in [4.78, 5) is 36.7. The molecule has 0 bridgehead atoms. The molecule has 0 radical (unpaired) electrons. The highest BCUT2D eigenvalue weighted by atomic mass is 16.6. The second-order valence-electron chi connectivity index (χ2n) is 8.33. The van der Waals surface area contributed by atoms with E-state index in [2.05, 4.69) is 0 Å². The van der Waals surface area contributed by atoms with E-state index in [0.29, 0.717) is 5.56 Å². The normalized spacial score (nSPS) is 23.7. The van der Waals surface area contributed by atoms with Gasteiger partial charge in [-0.15, -0.1) is 0 Å². The van der Waals surface area contributed by atoms with Gasteiger partial charge in [0.05, 0.1) is 6.10 Å². The van der Waals surface area contributed by atoms with Gasteiger partial charge >= 0.3 is 17.9 Å². The fraction of sp³-hybridized carbons (Fsp3) is 0.240. The lowest BCUT2D eigenvalue weighted by Crippen LogP contribution is -2.58. The van der Waals surface area contributed by atoms with Crippen LogP contribution in [0.5, 0.6) is 23.0 Å². The molecule has 196 valence electrons. The highest BCUT2D eigenvalue weighted by Crippen LogP contribution is 2.35. The Kier molecular flexibility index (Phi) is 8.05. The third-order valence-corrected chi connectivity index (χ3v) is 5.62. The monoisotopic (exact) mass is 516 g/mol. The summed E-state index contributed by atoms with van der Waals surface area (Å²) in [6.45, 7) is 0. The second-order valence-corrected chi connectivity index (χ2v) is 8.33. The Bertz CT molecular complexity index is 1250. The summed E-state index contributed by atoms with van der Waals surface area (Å²) in [6.07, 6.45) is -2.09. The van der Waals surface area contributed by atoms with E-state index in [9.17, 15) is 50.1 Å². The van der Waals surface area contributed by atoms with Crippen LogP contribution in [0.4, 0.5) is 0 Å². The van der Waals surface area contributed by atoms with Crippen molar-refractivity contribution >= 4 is 30.1 Å². The summed E-state index contributed by atoms with van der Waals surface area (Å²) in [6, 6.07) is 7.44. The number of aromatic hydroxyl groups is 4. The number of hydrogen-bond acceptors (Lipinski definition) is 11. The van der Waals surface area contributed by atoms with Crippen molar-refractivity contribution < 1.29 is 59.6 Å². The van der Waals surface area contributed by atoms with Gasteiger partial charge in [-0.2, -0.15) is 0 Å². The zero-order valence-corrected chi connectivity index (χ0v) is 19.1. The standard InChI is InChI=1S/C25H24O12/c26-15-5-1-13(9-17(15)28)3-7-21(31)36-20-12-25(24(34)35,11-19(30)23(20)33)37-22(32)8-4-14-2-6-16(27)18(29)10-14/h1-10,19-20,23,26-30,33H,11-12H2,(H,34,35)/b7-3-,8-4-/t19-,20+,23-,25-/m0/s1. The lowest BCUT2D eigenvalue weighted by atomic mass is 9.79. The molecule has 12 heteroatoms. The van der Waals surface area contributed by atoms with Gasteiger partial charge in [-0.25, -0.2) is 14.4 Å². The minimum atomic E-state index is -2.34. The van der Waals surface area contributed by atoms with Gasteiger partial charge in [0.2, 0.25) is 5.60 Å². The molecular weight excluding hydrogens is 492 g/mol. The number of carboxylic acid groups (broad SMARTS) is 1. The highest BCUT2D eigenvalue weighted by molar-refractivity contribution is 5.91. The average Bonchev–Trinajstić information content (AvgIpc) is 2.83. The molecule has 2 aromatic rings. The van der Waals surface area contributed by atoms with E-state index in [1.807, 2.05) is 0 Å². The molecule has 0 spiro atoms. The van der Waals surface area contributed by atoms with Crippen molar-refractivity contribution in [1.29, 1.82) is 0 Å². The van der Waals surface area contributed by atoms with Crippen LogP contribution in [0, 0.1) is 0 Å². The number of rotatable bonds is 7. The topological polar surface area (TPSA) is 211 Å². The van der Waals surface area contributed by atoms with Gasteiger partial charge in [0, 0.05) is 25.0 Å². The van der Waals surface area contributed by atoms with Crippen molar-refractivity contribution in [2.45, 2.75) is 36.8 Å². The first-order valence-electron chi connectivity index (χ1n) is 10.8. The van der Waals surface area contributed by atoms with Gasteiger partial charge in [0.15, 0.2) is 23.0 Å². The number of benzene rings is 2. The van der Waals surface area contributed by atoms with E-state index < -0.39 is 66.2 Å². The van der Waals surface area contributed by atoms with Crippen LogP contribution in [0.3, 0.4) is 0 Å². The molecule has 0 heterocycles. The number of aliphatic hydroxyl groups excluding tert-OH is 2. The van der Waals surface area contributed by atoms with Gasteiger partial charge in [0.25, 0.3) is 0 Å². The van der Waals surface area contributed by atoms with Crippen molar-refractivity contribution in [3.63, 3.8) is 0 Å². The number of phenols is 4. The Hall–Kier alpha value is -4.55. The number of ether oxygens (including phenoxy) is 2. The summed E-state index contributed by atoms with van der Waals surface area (Å²) in [7, 11) is 0. The van der Waals surface area contributed by atoms with Gasteiger partial charge in [-0.1, -0.05) is 12.1 Å². The van der Waals surface area contributed by atoms with Crippen molar-refractivity contribution in [3.8, 4) is 23.0 Å². The number of carbonyl (C=O) groups excluding carboxylic acids is 2. The van der Waals surface area contributed by atoms with E-state index in [4.69, 9.17) is 9.47 Å². The first-order chi connectivity index (χ1) is 17.4. The van der Waals surface area contributed by atoms with Crippen molar-refractivity contribution in [3.05, 3.63) is 59.7 Å². The predicted molar refractivity (Wildman–Crippen MR) is 125 cm³/mol. The molecule has 3 rings (SSSR count). The molecule has 0 amide bonds. The van der Waals surface area contributed by atoms with Crippen LogP contribution in [0.1, 0.15) is 24.0 Å². The van der Waals surface area contributed by atoms with Crippen LogP contribution in [-0.4, -0.2) is 77.6 Å². The number of carbonyl (C=O) groups is 3. The van der Waals surface area contributed by atoms with E-state index >= 15 is 0 Å². The maximum atomic E-state index is 12.4. The number of aliphatic carboxylic acids is 1. The van der Waals surface area contributed by atoms with E-state index in [0.717, 1.165) is 18.2 Å². The quantitative estimate of drug-likeness (QED) is 0.156. The second kappa shape index (κ2) is 11.0. The number of phenolic OH excluding ortho intramolecular Hbond substituents is 4. The zero-order valence-electron chi connectivity index (χ0n) is 19.1. The smallest absolute Gasteiger partial charge is 0.348 e. The third-order valence-electron chi connectivity index (χ3n) is 5.62. The van der Waals surface area contributed by atoms with E-state index in [1.165, 1.54) is 42.5 Å². The van der Waals surface area contributed by atoms with Crippen LogP contribution in [0.25, 0.3) is 12.2 Å². The Morgan fingerprint density at radius 1 is 0.784 bits per heavy atom. The van der Waals surface area contributed by atoms with Crippen LogP contribution < -0.4 is 0 Å². The molecule has 0 aliphatic heterocycles. The molecular formula is C25H24O12. The van der Waals surface area contributed by atoms with Crippen LogP contribution in [-0.2, 0) is 23.9 Å². The van der Waals surface area contributed by atoms with Crippen molar-refractivity contribution in [2.75, 3.05) is 0 Å². The Morgan fingerprint density at radius 2 is 1.30 bits per heavy atom. The minimum Gasteiger partial charge on any atom is -0.504 e. The molecule has 0 aromatic heterocycles. The molecule has 1 aliphatic rings. The Balaban J connectivity index is 1.73. The minimum absolute atomic E-state index is 0.288. The summed E-state index contributed by atoms with van der Waals surface area (Å²) in [5.74, 6) is -5.41. The first kappa shape index (κ1) is 27.0. The Morgan fingerprint density at radius 3 is 1.78 bits per heavy atom. The summed E-state index contributed by atoms with van der Waals surface area (Å²) in [5, 5.41) is 68.0. The van der Waals surface area contributed by atoms with Crippen molar-refractivity contribution in [1.82, 2.24) is 0 Å². The lowest BCUT2D eigenvalue weighted by Gasteiger charge is -2.41. The predicted octanol–water partition coefficient (Wildman–Crippen LogP) is 1.03. The van der Waals surface area contributed by atoms with Crippen LogP contribution >= 0.6 is 0 Å². The molecule has 1 fully saturated rings. The molecule has 12 nitrogen and oxygen atoms in total. The molecule has 0 saturated heterocycles. The third kappa shape index (κ3) is 6.57. The molecule has 2 aromatic carbocycles. The largest absolute Gasteiger partial charge is 0.504 e. The van der Waals surface area contributed by atoms with Gasteiger partial charge < -0.3 is 45.2 Å². The molecule has 37 heavy (non-hydrogen) atoms. The maximum absolute atomic E-state index is 12.4. The number of hydrogen-bond donors (Lipinski definition) is 7. The molecule has 1 aliphatic carbocycles. The van der Waals surface area contributed by atoms with E-state index in [-0.39, 0.29) is 17.1 Å².